The van der Waals surface area contributed by atoms with Gasteiger partial charge in [0, 0.05) is 37.7 Å². The summed E-state index contributed by atoms with van der Waals surface area (Å²) in [4.78, 5) is 14.3. The molecule has 4 heteroatoms. The minimum atomic E-state index is -0.264. The Morgan fingerprint density at radius 1 is 1.17 bits per heavy atom. The molecule has 0 atom stereocenters. The molecule has 0 radical (unpaired) electrons. The highest BCUT2D eigenvalue weighted by atomic mass is 16.5. The van der Waals surface area contributed by atoms with Crippen LogP contribution in [0.2, 0.25) is 0 Å². The van der Waals surface area contributed by atoms with Gasteiger partial charge in [0.25, 0.3) is 0 Å². The molecule has 0 saturated carbocycles. The highest BCUT2D eigenvalue weighted by molar-refractivity contribution is 5.81. The van der Waals surface area contributed by atoms with E-state index in [4.69, 9.17) is 9.15 Å². The van der Waals surface area contributed by atoms with Crippen molar-refractivity contribution in [3.8, 4) is 0 Å². The number of ether oxygens (including phenoxy) is 1. The molecule has 0 unspecified atom stereocenters. The maximum Gasteiger partial charge on any atom is 0.336 e. The Balaban J connectivity index is 1.83. The normalized spacial score (nSPS) is 17.0. The van der Waals surface area contributed by atoms with Gasteiger partial charge in [-0.3, -0.25) is 4.90 Å². The summed E-state index contributed by atoms with van der Waals surface area (Å²) in [5.74, 6) is 0. The van der Waals surface area contributed by atoms with Crippen molar-refractivity contribution >= 4 is 11.0 Å². The molecule has 23 heavy (non-hydrogen) atoms. The summed E-state index contributed by atoms with van der Waals surface area (Å²) in [6.45, 7) is 9.79. The summed E-state index contributed by atoms with van der Waals surface area (Å²) >= 11 is 0. The molecule has 0 N–H and O–H groups in total. The topological polar surface area (TPSA) is 42.7 Å². The molecule has 0 aliphatic carbocycles. The zero-order chi connectivity index (χ0) is 16.4. The van der Waals surface area contributed by atoms with Gasteiger partial charge >= 0.3 is 5.63 Å². The van der Waals surface area contributed by atoms with Gasteiger partial charge in [-0.1, -0.05) is 0 Å². The Morgan fingerprint density at radius 3 is 2.57 bits per heavy atom. The maximum absolute atomic E-state index is 11.9. The Kier molecular flexibility index (Phi) is 4.83. The van der Waals surface area contributed by atoms with Crippen molar-refractivity contribution in [3.05, 3.63) is 45.3 Å². The van der Waals surface area contributed by atoms with Crippen LogP contribution in [0.5, 0.6) is 0 Å². The van der Waals surface area contributed by atoms with Crippen LogP contribution in [0.15, 0.2) is 27.4 Å². The van der Waals surface area contributed by atoms with E-state index >= 15 is 0 Å². The fourth-order valence-electron chi connectivity index (χ4n) is 3.32. The Hall–Kier alpha value is -1.65. The van der Waals surface area contributed by atoms with Crippen LogP contribution in [0.3, 0.4) is 0 Å². The van der Waals surface area contributed by atoms with Gasteiger partial charge in [-0.15, -0.1) is 0 Å². The third kappa shape index (κ3) is 3.65. The summed E-state index contributed by atoms with van der Waals surface area (Å²) in [6.07, 6.45) is 2.51. The number of piperidine rings is 1. The Morgan fingerprint density at radius 2 is 1.87 bits per heavy atom. The van der Waals surface area contributed by atoms with Gasteiger partial charge in [-0.05, 0) is 62.4 Å². The second-order valence-electron chi connectivity index (χ2n) is 6.45. The molecular formula is C19H25NO3. The number of nitrogens with zero attached hydrogens (tertiary/aromatic N) is 1. The van der Waals surface area contributed by atoms with E-state index in [1.165, 1.54) is 5.56 Å². The van der Waals surface area contributed by atoms with E-state index in [0.717, 1.165) is 55.6 Å². The molecule has 0 spiro atoms. The van der Waals surface area contributed by atoms with Gasteiger partial charge in [0.2, 0.25) is 0 Å². The molecule has 124 valence electrons. The van der Waals surface area contributed by atoms with Crippen molar-refractivity contribution < 1.29 is 9.15 Å². The monoisotopic (exact) mass is 315 g/mol. The highest BCUT2D eigenvalue weighted by Crippen LogP contribution is 2.24. The quantitative estimate of drug-likeness (QED) is 0.811. The van der Waals surface area contributed by atoms with Crippen molar-refractivity contribution in [2.75, 3.05) is 19.7 Å². The van der Waals surface area contributed by atoms with Gasteiger partial charge in [-0.25, -0.2) is 4.79 Å². The van der Waals surface area contributed by atoms with Gasteiger partial charge in [0.15, 0.2) is 0 Å². The predicted octanol–water partition coefficient (Wildman–Crippen LogP) is 3.41. The zero-order valence-electron chi connectivity index (χ0n) is 14.2. The van der Waals surface area contributed by atoms with Crippen molar-refractivity contribution in [1.29, 1.82) is 0 Å². The van der Waals surface area contributed by atoms with Gasteiger partial charge < -0.3 is 9.15 Å². The first-order chi connectivity index (χ1) is 11.1. The van der Waals surface area contributed by atoms with E-state index in [1.807, 2.05) is 19.9 Å². The number of benzene rings is 1. The fraction of sp³-hybridized carbons (Fsp3) is 0.526. The van der Waals surface area contributed by atoms with E-state index in [1.54, 1.807) is 6.07 Å². The molecule has 4 nitrogen and oxygen atoms in total. The largest absolute Gasteiger partial charge is 0.423 e. The molecule has 3 rings (SSSR count). The van der Waals surface area contributed by atoms with Crippen LogP contribution >= 0.6 is 0 Å². The molecule has 2 aromatic rings. The molecule has 1 aromatic carbocycles. The number of aryl methyl sites for hydroxylation is 2. The lowest BCUT2D eigenvalue weighted by Crippen LogP contribution is -2.36. The molecular weight excluding hydrogens is 290 g/mol. The fourth-order valence-corrected chi connectivity index (χ4v) is 3.32. The summed E-state index contributed by atoms with van der Waals surface area (Å²) in [6, 6.07) is 5.75. The molecule has 1 aliphatic rings. The van der Waals surface area contributed by atoms with Crippen molar-refractivity contribution in [3.63, 3.8) is 0 Å². The van der Waals surface area contributed by atoms with Crippen LogP contribution in [0.1, 0.15) is 36.5 Å². The third-order valence-corrected chi connectivity index (χ3v) is 4.78. The van der Waals surface area contributed by atoms with Crippen molar-refractivity contribution in [2.24, 2.45) is 0 Å². The number of fused-ring (bicyclic) bond motifs is 1. The van der Waals surface area contributed by atoms with Crippen LogP contribution in [-0.4, -0.2) is 30.7 Å². The first-order valence-corrected chi connectivity index (χ1v) is 8.44. The Labute approximate surface area is 137 Å². The lowest BCUT2D eigenvalue weighted by molar-refractivity contribution is 0.0126. The van der Waals surface area contributed by atoms with Crippen LogP contribution in [0.4, 0.5) is 0 Å². The number of likely N-dealkylation sites (tertiary alicyclic amines) is 1. The molecule has 0 amide bonds. The van der Waals surface area contributed by atoms with E-state index in [9.17, 15) is 4.79 Å². The highest BCUT2D eigenvalue weighted by Gasteiger charge is 2.20. The zero-order valence-corrected chi connectivity index (χ0v) is 14.2. The summed E-state index contributed by atoms with van der Waals surface area (Å²) in [5.41, 5.74) is 3.87. The molecule has 1 fully saturated rings. The van der Waals surface area contributed by atoms with E-state index < -0.39 is 0 Å². The van der Waals surface area contributed by atoms with E-state index in [2.05, 4.69) is 17.9 Å². The average Bonchev–Trinajstić information content (AvgIpc) is 2.51. The van der Waals surface area contributed by atoms with Crippen LogP contribution < -0.4 is 5.63 Å². The average molecular weight is 315 g/mol. The summed E-state index contributed by atoms with van der Waals surface area (Å²) in [5, 5.41) is 1.06. The first-order valence-electron chi connectivity index (χ1n) is 8.44. The maximum atomic E-state index is 11.9. The molecule has 1 aliphatic heterocycles. The number of hydrogen-bond donors (Lipinski definition) is 0. The van der Waals surface area contributed by atoms with Crippen molar-refractivity contribution in [1.82, 2.24) is 4.90 Å². The second kappa shape index (κ2) is 6.85. The first kappa shape index (κ1) is 16.2. The van der Waals surface area contributed by atoms with Crippen LogP contribution in [0.25, 0.3) is 11.0 Å². The Bertz CT molecular complexity index is 742. The standard InChI is InChI=1S/C19H25NO3/c1-4-22-16-5-7-20(8-6-16)12-15-11-19(21)23-18-10-14(3)13(2)9-17(15)18/h9-11,16H,4-8,12H2,1-3H3. The SMILES string of the molecule is CCOC1CCN(Cc2cc(=O)oc3cc(C)c(C)cc23)CC1. The van der Waals surface area contributed by atoms with Crippen molar-refractivity contribution in [2.45, 2.75) is 46.3 Å². The molecule has 2 heterocycles. The molecule has 0 bridgehead atoms. The van der Waals surface area contributed by atoms with Crippen LogP contribution in [-0.2, 0) is 11.3 Å². The third-order valence-electron chi connectivity index (χ3n) is 4.78. The minimum Gasteiger partial charge on any atom is -0.423 e. The van der Waals surface area contributed by atoms with E-state index in [-0.39, 0.29) is 5.63 Å². The van der Waals surface area contributed by atoms with Gasteiger partial charge in [-0.2, -0.15) is 0 Å². The smallest absolute Gasteiger partial charge is 0.336 e. The van der Waals surface area contributed by atoms with Gasteiger partial charge in [0.1, 0.15) is 5.58 Å². The van der Waals surface area contributed by atoms with Gasteiger partial charge in [0.05, 0.1) is 6.10 Å². The minimum absolute atomic E-state index is 0.264. The number of rotatable bonds is 4. The lowest BCUT2D eigenvalue weighted by atomic mass is 10.0. The molecule has 1 saturated heterocycles. The predicted molar refractivity (Wildman–Crippen MR) is 91.9 cm³/mol. The van der Waals surface area contributed by atoms with Crippen LogP contribution in [0, 0.1) is 13.8 Å². The molecule has 1 aromatic heterocycles. The summed E-state index contributed by atoms with van der Waals surface area (Å²) in [7, 11) is 0. The van der Waals surface area contributed by atoms with E-state index in [0.29, 0.717) is 11.7 Å². The number of hydrogen-bond acceptors (Lipinski definition) is 4. The second-order valence-corrected chi connectivity index (χ2v) is 6.45. The lowest BCUT2D eigenvalue weighted by Gasteiger charge is -2.31. The summed E-state index contributed by atoms with van der Waals surface area (Å²) < 4.78 is 11.1.